The highest BCUT2D eigenvalue weighted by Crippen LogP contribution is 2.22. The molecule has 0 unspecified atom stereocenters. The topological polar surface area (TPSA) is 79.2 Å². The molecule has 1 aliphatic heterocycles. The van der Waals surface area contributed by atoms with Gasteiger partial charge in [0.1, 0.15) is 0 Å². The summed E-state index contributed by atoms with van der Waals surface area (Å²) in [7, 11) is -1.60. The molecule has 3 nitrogen and oxygen atoms in total. The van der Waals surface area contributed by atoms with Crippen LogP contribution in [0.1, 0.15) is 12.8 Å². The van der Waals surface area contributed by atoms with Crippen molar-refractivity contribution in [2.24, 2.45) is 0 Å². The van der Waals surface area contributed by atoms with Gasteiger partial charge in [-0.15, -0.1) is 13.2 Å². The second kappa shape index (κ2) is 6.13. The highest BCUT2D eigenvalue weighted by Gasteiger charge is 2.29. The minimum atomic E-state index is -1.60. The molecule has 0 amide bonds. The Balaban J connectivity index is 0. The number of hydrogen-bond acceptors (Lipinski definition) is 3. The zero-order chi connectivity index (χ0) is 7.45. The van der Waals surface area contributed by atoms with Crippen LogP contribution in [0.5, 0.6) is 0 Å². The summed E-state index contributed by atoms with van der Waals surface area (Å²) in [6, 6.07) is 1.18. The molecule has 0 atom stereocenters. The van der Waals surface area contributed by atoms with E-state index >= 15 is 0 Å². The molecule has 0 bridgehead atoms. The Morgan fingerprint density at radius 1 is 1.08 bits per heavy atom. The Morgan fingerprint density at radius 3 is 1.92 bits per heavy atom. The molecule has 0 aliphatic carbocycles. The number of rotatable bonds is 2. The standard InChI is InChI=1S/C8H14OSi.2H3N/c1-3-10(4-2)8-6-5-7-9-10;;/h3-4H,1-2,5-8H2;2*1H3. The van der Waals surface area contributed by atoms with Crippen molar-refractivity contribution in [3.63, 3.8) is 0 Å². The lowest BCUT2D eigenvalue weighted by atomic mass is 10.4. The summed E-state index contributed by atoms with van der Waals surface area (Å²) in [5, 5.41) is 0. The molecule has 1 saturated heterocycles. The van der Waals surface area contributed by atoms with Crippen LogP contribution >= 0.6 is 0 Å². The van der Waals surface area contributed by atoms with Gasteiger partial charge in [-0.3, -0.25) is 0 Å². The van der Waals surface area contributed by atoms with E-state index in [4.69, 9.17) is 4.43 Å². The van der Waals surface area contributed by atoms with E-state index in [2.05, 4.69) is 13.2 Å². The molecule has 0 radical (unpaired) electrons. The van der Waals surface area contributed by atoms with Gasteiger partial charge >= 0.3 is 0 Å². The van der Waals surface area contributed by atoms with Crippen molar-refractivity contribution in [2.75, 3.05) is 6.61 Å². The molecule has 1 heterocycles. The summed E-state index contributed by atoms with van der Waals surface area (Å²) in [6.45, 7) is 8.49. The van der Waals surface area contributed by atoms with Crippen molar-refractivity contribution in [1.82, 2.24) is 12.3 Å². The van der Waals surface area contributed by atoms with Crippen molar-refractivity contribution < 1.29 is 4.43 Å². The predicted molar refractivity (Wildman–Crippen MR) is 56.2 cm³/mol. The normalized spacial score (nSPS) is 19.7. The minimum Gasteiger partial charge on any atom is -0.409 e. The average Bonchev–Trinajstić information content (AvgIpc) is 2.06. The van der Waals surface area contributed by atoms with E-state index in [0.29, 0.717) is 0 Å². The van der Waals surface area contributed by atoms with Gasteiger partial charge in [0.05, 0.1) is 0 Å². The molecule has 1 rings (SSSR count). The van der Waals surface area contributed by atoms with Crippen LogP contribution in [0.3, 0.4) is 0 Å². The molecule has 0 aromatic carbocycles. The maximum absolute atomic E-state index is 5.67. The van der Waals surface area contributed by atoms with E-state index in [-0.39, 0.29) is 12.3 Å². The van der Waals surface area contributed by atoms with Crippen LogP contribution in [0.2, 0.25) is 6.04 Å². The molecule has 6 N–H and O–H groups in total. The summed E-state index contributed by atoms with van der Waals surface area (Å²) in [5.41, 5.74) is 3.97. The third kappa shape index (κ3) is 2.90. The van der Waals surface area contributed by atoms with E-state index in [1.54, 1.807) is 0 Å². The maximum Gasteiger partial charge on any atom is 0.240 e. The SMILES string of the molecule is C=C[Si]1(C=C)CCCCO1.N.N. The second-order valence-corrected chi connectivity index (χ2v) is 6.18. The van der Waals surface area contributed by atoms with Crippen LogP contribution < -0.4 is 12.3 Å². The first-order chi connectivity index (χ1) is 4.83. The second-order valence-electron chi connectivity index (χ2n) is 2.67. The van der Waals surface area contributed by atoms with Crippen molar-refractivity contribution in [3.8, 4) is 0 Å². The summed E-state index contributed by atoms with van der Waals surface area (Å²) < 4.78 is 5.67. The van der Waals surface area contributed by atoms with Gasteiger partial charge in [-0.05, 0) is 12.5 Å². The molecule has 0 aromatic rings. The fourth-order valence-corrected chi connectivity index (χ4v) is 3.52. The highest BCUT2D eigenvalue weighted by molar-refractivity contribution is 6.83. The van der Waals surface area contributed by atoms with Crippen LogP contribution in [-0.2, 0) is 4.43 Å². The van der Waals surface area contributed by atoms with Gasteiger partial charge in [-0.1, -0.05) is 17.8 Å². The molecular weight excluding hydrogens is 168 g/mol. The van der Waals surface area contributed by atoms with Crippen molar-refractivity contribution in [2.45, 2.75) is 18.9 Å². The van der Waals surface area contributed by atoms with Gasteiger partial charge in [0.25, 0.3) is 0 Å². The van der Waals surface area contributed by atoms with Crippen molar-refractivity contribution >= 4 is 8.32 Å². The lowest BCUT2D eigenvalue weighted by Crippen LogP contribution is -2.37. The highest BCUT2D eigenvalue weighted by atomic mass is 28.4. The maximum atomic E-state index is 5.67. The monoisotopic (exact) mass is 188 g/mol. The Kier molecular flexibility index (Phi) is 7.22. The van der Waals surface area contributed by atoms with Crippen LogP contribution in [0.15, 0.2) is 24.6 Å². The predicted octanol–water partition coefficient (Wildman–Crippen LogP) is 2.52. The quantitative estimate of drug-likeness (QED) is 0.653. The first-order valence-corrected chi connectivity index (χ1v) is 6.01. The van der Waals surface area contributed by atoms with Gasteiger partial charge in [-0.25, -0.2) is 0 Å². The van der Waals surface area contributed by atoms with Gasteiger partial charge < -0.3 is 16.7 Å². The molecule has 0 aromatic heterocycles. The third-order valence-electron chi connectivity index (χ3n) is 2.02. The lowest BCUT2D eigenvalue weighted by molar-refractivity contribution is 0.282. The van der Waals surface area contributed by atoms with Crippen LogP contribution in [0, 0.1) is 0 Å². The molecule has 12 heavy (non-hydrogen) atoms. The average molecular weight is 188 g/mol. The van der Waals surface area contributed by atoms with Crippen LogP contribution in [0.25, 0.3) is 0 Å². The number of hydrogen-bond donors (Lipinski definition) is 2. The van der Waals surface area contributed by atoms with Crippen molar-refractivity contribution in [3.05, 3.63) is 24.6 Å². The molecular formula is C8H20N2OSi. The first-order valence-electron chi connectivity index (χ1n) is 3.74. The summed E-state index contributed by atoms with van der Waals surface area (Å²) in [5.74, 6) is 0. The zero-order valence-electron chi connectivity index (χ0n) is 7.72. The van der Waals surface area contributed by atoms with Crippen LogP contribution in [0.4, 0.5) is 0 Å². The molecule has 0 spiro atoms. The van der Waals surface area contributed by atoms with Gasteiger partial charge in [0, 0.05) is 6.61 Å². The molecule has 0 saturated carbocycles. The summed E-state index contributed by atoms with van der Waals surface area (Å²) >= 11 is 0. The van der Waals surface area contributed by atoms with Crippen LogP contribution in [-0.4, -0.2) is 14.9 Å². The molecule has 72 valence electrons. The van der Waals surface area contributed by atoms with E-state index in [1.807, 2.05) is 11.4 Å². The Bertz CT molecular complexity index is 134. The Hall–Kier alpha value is -0.423. The third-order valence-corrected chi connectivity index (χ3v) is 5.28. The van der Waals surface area contributed by atoms with Crippen molar-refractivity contribution in [1.29, 1.82) is 0 Å². The molecule has 1 aliphatic rings. The smallest absolute Gasteiger partial charge is 0.240 e. The summed E-state index contributed by atoms with van der Waals surface area (Å²) in [6.07, 6.45) is 2.49. The van der Waals surface area contributed by atoms with Gasteiger partial charge in [0.15, 0.2) is 0 Å². The van der Waals surface area contributed by atoms with E-state index < -0.39 is 8.32 Å². The minimum absolute atomic E-state index is 0. The van der Waals surface area contributed by atoms with E-state index in [0.717, 1.165) is 6.61 Å². The van der Waals surface area contributed by atoms with E-state index in [1.165, 1.54) is 18.9 Å². The first kappa shape index (κ1) is 14.1. The fourth-order valence-electron chi connectivity index (χ4n) is 1.24. The molecule has 1 fully saturated rings. The van der Waals surface area contributed by atoms with Gasteiger partial charge in [-0.2, -0.15) is 0 Å². The fraction of sp³-hybridized carbons (Fsp3) is 0.500. The summed E-state index contributed by atoms with van der Waals surface area (Å²) in [4.78, 5) is 0. The Morgan fingerprint density at radius 2 is 1.67 bits per heavy atom. The van der Waals surface area contributed by atoms with E-state index in [9.17, 15) is 0 Å². The zero-order valence-corrected chi connectivity index (χ0v) is 8.72. The lowest BCUT2D eigenvalue weighted by Gasteiger charge is -2.28. The van der Waals surface area contributed by atoms with Gasteiger partial charge in [0.2, 0.25) is 8.32 Å². The Labute approximate surface area is 75.8 Å². The molecule has 4 heteroatoms. The largest absolute Gasteiger partial charge is 0.409 e.